The average molecular weight is 561 g/mol. The van der Waals surface area contributed by atoms with Crippen LogP contribution < -0.4 is 0 Å². The molecule has 3 aromatic rings. The minimum Gasteiger partial charge on any atom is -0.508 e. The van der Waals surface area contributed by atoms with Crippen LogP contribution >= 0.6 is 0 Å². The Bertz CT molecular complexity index is 1300. The van der Waals surface area contributed by atoms with Gasteiger partial charge in [-0.05, 0) is 47.4 Å². The maximum absolute atomic E-state index is 14.5. The Hall–Kier alpha value is -4.12. The van der Waals surface area contributed by atoms with E-state index in [0.717, 1.165) is 16.7 Å². The quantitative estimate of drug-likeness (QED) is 0.388. The van der Waals surface area contributed by atoms with Crippen LogP contribution in [0.3, 0.4) is 0 Å². The van der Waals surface area contributed by atoms with Crippen LogP contribution in [0.2, 0.25) is 0 Å². The molecule has 3 N–H and O–H groups in total. The van der Waals surface area contributed by atoms with Crippen LogP contribution in [0.5, 0.6) is 11.5 Å². The topological polar surface area (TPSA) is 117 Å². The van der Waals surface area contributed by atoms with E-state index in [9.17, 15) is 24.9 Å². The van der Waals surface area contributed by atoms with Gasteiger partial charge in [0.25, 0.3) is 5.91 Å². The van der Waals surface area contributed by atoms with Crippen LogP contribution in [0.25, 0.3) is 0 Å². The van der Waals surface area contributed by atoms with Crippen molar-refractivity contribution < 1.29 is 29.6 Å². The second-order valence-electron chi connectivity index (χ2n) is 10.5. The Labute approximate surface area is 239 Å². The molecular formula is C31H36N4O6. The predicted molar refractivity (Wildman–Crippen MR) is 152 cm³/mol. The van der Waals surface area contributed by atoms with Crippen molar-refractivity contribution >= 4 is 11.9 Å². The molecule has 2 heterocycles. The SMILES string of the molecule is O=C(CN1CCOCC1)N1C[C@@H](O)[C@@H](Cc2ccccc2)N(Cc2ccc(O)cc2)C(=O)N1Cc1ccc(O)cc1. The molecule has 2 atom stereocenters. The minimum atomic E-state index is -1.03. The number of hydrazine groups is 1. The fourth-order valence-electron chi connectivity index (χ4n) is 5.28. The number of phenolic OH excluding ortho intramolecular Hbond substituents is 2. The largest absolute Gasteiger partial charge is 0.508 e. The highest BCUT2D eigenvalue weighted by molar-refractivity contribution is 5.83. The highest BCUT2D eigenvalue weighted by atomic mass is 16.5. The van der Waals surface area contributed by atoms with E-state index < -0.39 is 18.2 Å². The van der Waals surface area contributed by atoms with Gasteiger partial charge in [-0.3, -0.25) is 9.69 Å². The Kier molecular flexibility index (Phi) is 9.03. The maximum atomic E-state index is 14.5. The number of nitrogens with zero attached hydrogens (tertiary/aromatic N) is 4. The van der Waals surface area contributed by atoms with Crippen molar-refractivity contribution in [1.29, 1.82) is 0 Å². The van der Waals surface area contributed by atoms with E-state index in [0.29, 0.717) is 32.7 Å². The van der Waals surface area contributed by atoms with E-state index in [1.807, 2.05) is 35.2 Å². The normalized spacial score (nSPS) is 20.2. The zero-order chi connectivity index (χ0) is 28.8. The van der Waals surface area contributed by atoms with Gasteiger partial charge in [-0.2, -0.15) is 0 Å². The number of urea groups is 1. The summed E-state index contributed by atoms with van der Waals surface area (Å²) in [5.41, 5.74) is 2.46. The van der Waals surface area contributed by atoms with Crippen LogP contribution in [0.4, 0.5) is 4.79 Å². The van der Waals surface area contributed by atoms with Crippen molar-refractivity contribution in [2.24, 2.45) is 0 Å². The Morgan fingerprint density at radius 1 is 0.805 bits per heavy atom. The number of hydrogen-bond donors (Lipinski definition) is 3. The maximum Gasteiger partial charge on any atom is 0.339 e. The second-order valence-corrected chi connectivity index (χ2v) is 10.5. The molecule has 41 heavy (non-hydrogen) atoms. The molecule has 2 aliphatic heterocycles. The van der Waals surface area contributed by atoms with Crippen molar-refractivity contribution in [1.82, 2.24) is 19.8 Å². The number of carbonyl (C=O) groups excluding carboxylic acids is 2. The summed E-state index contributed by atoms with van der Waals surface area (Å²) in [6.45, 7) is 2.57. The lowest BCUT2D eigenvalue weighted by Gasteiger charge is -2.37. The van der Waals surface area contributed by atoms with Crippen LogP contribution in [-0.4, -0.2) is 98.6 Å². The molecule has 0 aliphatic carbocycles. The summed E-state index contributed by atoms with van der Waals surface area (Å²) in [4.78, 5) is 31.8. The fraction of sp³-hybridized carbons (Fsp3) is 0.355. The van der Waals surface area contributed by atoms with Crippen LogP contribution in [0, 0.1) is 0 Å². The van der Waals surface area contributed by atoms with Gasteiger partial charge >= 0.3 is 6.03 Å². The van der Waals surface area contributed by atoms with E-state index >= 15 is 0 Å². The van der Waals surface area contributed by atoms with Crippen molar-refractivity contribution in [3.8, 4) is 11.5 Å². The van der Waals surface area contributed by atoms with Crippen molar-refractivity contribution in [3.63, 3.8) is 0 Å². The molecule has 0 unspecified atom stereocenters. The number of phenols is 2. The molecule has 2 aliphatic rings. The standard InChI is InChI=1S/C31H36N4O6/c36-26-10-6-24(7-11-26)19-33-28(18-23-4-2-1-3-5-23)29(38)21-34(30(39)22-32-14-16-41-17-15-32)35(31(33)40)20-25-8-12-27(37)13-9-25/h1-13,28-29,36-38H,14-22H2/t28-,29-/m1/s1. The van der Waals surface area contributed by atoms with Crippen molar-refractivity contribution in [2.75, 3.05) is 39.4 Å². The summed E-state index contributed by atoms with van der Waals surface area (Å²) in [5.74, 6) is -0.0721. The number of β-amino-alcohol motifs (C(OH)–C–C–N with tert-alkyl or cyclic N) is 1. The molecule has 10 heteroatoms. The van der Waals surface area contributed by atoms with E-state index in [-0.39, 0.29) is 43.6 Å². The number of ether oxygens (including phenoxy) is 1. The number of amides is 3. The van der Waals surface area contributed by atoms with Crippen LogP contribution in [-0.2, 0) is 29.0 Å². The molecule has 0 aromatic heterocycles. The Morgan fingerprint density at radius 2 is 1.39 bits per heavy atom. The first-order chi connectivity index (χ1) is 19.9. The molecule has 0 spiro atoms. The highest BCUT2D eigenvalue weighted by Crippen LogP contribution is 2.26. The van der Waals surface area contributed by atoms with Crippen LogP contribution in [0.1, 0.15) is 16.7 Å². The van der Waals surface area contributed by atoms with E-state index in [1.54, 1.807) is 53.4 Å². The second kappa shape index (κ2) is 13.0. The van der Waals surface area contributed by atoms with Gasteiger partial charge in [0, 0.05) is 19.6 Å². The zero-order valence-electron chi connectivity index (χ0n) is 22.9. The zero-order valence-corrected chi connectivity index (χ0v) is 22.9. The third kappa shape index (κ3) is 7.15. The van der Waals surface area contributed by atoms with E-state index in [4.69, 9.17) is 4.74 Å². The fourth-order valence-corrected chi connectivity index (χ4v) is 5.28. The third-order valence-electron chi connectivity index (χ3n) is 7.56. The predicted octanol–water partition coefficient (Wildman–Crippen LogP) is 2.58. The van der Waals surface area contributed by atoms with Gasteiger partial charge in [-0.1, -0.05) is 54.6 Å². The molecule has 0 bridgehead atoms. The lowest BCUT2D eigenvalue weighted by atomic mass is 9.99. The molecule has 3 aromatic carbocycles. The number of morpholine rings is 1. The monoisotopic (exact) mass is 560 g/mol. The summed E-state index contributed by atoms with van der Waals surface area (Å²) in [7, 11) is 0. The molecule has 5 rings (SSSR count). The van der Waals surface area contributed by atoms with Gasteiger partial charge in [0.05, 0.1) is 45.0 Å². The summed E-state index contributed by atoms with van der Waals surface area (Å²) in [6.07, 6.45) is -0.639. The van der Waals surface area contributed by atoms with Gasteiger partial charge in [-0.25, -0.2) is 14.8 Å². The third-order valence-corrected chi connectivity index (χ3v) is 7.56. The molecule has 3 amide bonds. The number of carbonyl (C=O) groups is 2. The molecule has 0 radical (unpaired) electrons. The number of aliphatic hydroxyl groups excluding tert-OH is 1. The summed E-state index contributed by atoms with van der Waals surface area (Å²) < 4.78 is 5.43. The first kappa shape index (κ1) is 28.4. The Morgan fingerprint density at radius 3 is 2.00 bits per heavy atom. The summed E-state index contributed by atoms with van der Waals surface area (Å²) in [5, 5.41) is 34.0. The number of rotatable bonds is 8. The molecule has 2 fully saturated rings. The van der Waals surface area contributed by atoms with Gasteiger partial charge < -0.3 is 25.0 Å². The van der Waals surface area contributed by atoms with Gasteiger partial charge in [0.15, 0.2) is 0 Å². The van der Waals surface area contributed by atoms with E-state index in [1.165, 1.54) is 10.0 Å². The number of aromatic hydroxyl groups is 2. The number of hydrogen-bond acceptors (Lipinski definition) is 7. The minimum absolute atomic E-state index is 0.0590. The van der Waals surface area contributed by atoms with Gasteiger partial charge in [0.1, 0.15) is 11.5 Å². The highest BCUT2D eigenvalue weighted by Gasteiger charge is 2.42. The molecule has 216 valence electrons. The van der Waals surface area contributed by atoms with Crippen molar-refractivity contribution in [2.45, 2.75) is 31.7 Å². The number of aliphatic hydroxyl groups is 1. The van der Waals surface area contributed by atoms with Gasteiger partial charge in [-0.15, -0.1) is 0 Å². The number of benzene rings is 3. The smallest absolute Gasteiger partial charge is 0.339 e. The van der Waals surface area contributed by atoms with Crippen molar-refractivity contribution in [3.05, 3.63) is 95.6 Å². The average Bonchev–Trinajstić information content (AvgIpc) is 3.07. The van der Waals surface area contributed by atoms with E-state index in [2.05, 4.69) is 0 Å². The lowest BCUT2D eigenvalue weighted by Crippen LogP contribution is -2.55. The van der Waals surface area contributed by atoms with Crippen LogP contribution in [0.15, 0.2) is 78.9 Å². The first-order valence-corrected chi connectivity index (χ1v) is 13.8. The summed E-state index contributed by atoms with van der Waals surface area (Å²) >= 11 is 0. The van der Waals surface area contributed by atoms with Gasteiger partial charge in [0.2, 0.25) is 0 Å². The molecule has 2 saturated heterocycles. The first-order valence-electron chi connectivity index (χ1n) is 13.8. The molecule has 10 nitrogen and oxygen atoms in total. The molecule has 0 saturated carbocycles. The summed E-state index contributed by atoms with van der Waals surface area (Å²) in [6, 6.07) is 21.7. The Balaban J connectivity index is 1.51. The lowest BCUT2D eigenvalue weighted by molar-refractivity contribution is -0.149. The molecular weight excluding hydrogens is 524 g/mol.